The van der Waals surface area contributed by atoms with Crippen molar-refractivity contribution in [3.05, 3.63) is 80.8 Å². The van der Waals surface area contributed by atoms with E-state index in [1.54, 1.807) is 31.2 Å². The van der Waals surface area contributed by atoms with E-state index in [1.165, 1.54) is 21.2 Å². The average Bonchev–Trinajstić information content (AvgIpc) is 3.26. The Hall–Kier alpha value is -3.17. The number of thiazole rings is 1. The van der Waals surface area contributed by atoms with Crippen LogP contribution in [0, 0.1) is 5.92 Å². The molecule has 1 saturated heterocycles. The monoisotopic (exact) mass is 480 g/mol. The van der Waals surface area contributed by atoms with E-state index in [2.05, 4.69) is 0 Å². The number of aromatic nitrogens is 1. The fourth-order valence-corrected chi connectivity index (χ4v) is 7.22. The molecule has 0 aliphatic carbocycles. The maximum atomic E-state index is 13.6. The van der Waals surface area contributed by atoms with Crippen molar-refractivity contribution in [3.63, 3.8) is 0 Å². The number of benzene rings is 2. The topological polar surface area (TPSA) is 85.7 Å². The van der Waals surface area contributed by atoms with Gasteiger partial charge in [0.05, 0.1) is 23.2 Å². The number of anilines is 1. The van der Waals surface area contributed by atoms with Gasteiger partial charge in [-0.3, -0.25) is 23.7 Å². The lowest BCUT2D eigenvalue weighted by molar-refractivity contribution is -0.144. The minimum atomic E-state index is -0.696. The maximum absolute atomic E-state index is 13.6. The summed E-state index contributed by atoms with van der Waals surface area (Å²) in [6.45, 7) is 1.69. The standard InChI is InChI=1S/C24H20N2O5S2/c1-2-31-16(27)13-25-23-20(33-24(25)30)17(14-9-5-3-6-10-14)18-19(32-23)22(29)26(21(18)28)15-11-7-4-8-12-15/h3-12,17-19H,2,13H2,1H3/t17-,18?,19?/m1/s1. The smallest absolute Gasteiger partial charge is 0.326 e. The summed E-state index contributed by atoms with van der Waals surface area (Å²) in [5.74, 6) is -2.21. The molecule has 0 N–H and O–H groups in total. The van der Waals surface area contributed by atoms with Crippen molar-refractivity contribution in [3.8, 4) is 0 Å². The molecule has 1 aromatic heterocycles. The maximum Gasteiger partial charge on any atom is 0.326 e. The van der Waals surface area contributed by atoms with E-state index in [9.17, 15) is 19.2 Å². The van der Waals surface area contributed by atoms with Crippen LogP contribution in [0.2, 0.25) is 0 Å². The van der Waals surface area contributed by atoms with E-state index in [0.29, 0.717) is 15.6 Å². The average molecular weight is 481 g/mol. The summed E-state index contributed by atoms with van der Waals surface area (Å²) in [4.78, 5) is 53.8. The van der Waals surface area contributed by atoms with Gasteiger partial charge in [-0.05, 0) is 24.6 Å². The molecule has 3 heterocycles. The van der Waals surface area contributed by atoms with E-state index in [1.807, 2.05) is 36.4 Å². The van der Waals surface area contributed by atoms with Crippen LogP contribution in [0.5, 0.6) is 0 Å². The molecule has 1 fully saturated rings. The first kappa shape index (κ1) is 21.7. The van der Waals surface area contributed by atoms with Gasteiger partial charge in [0.25, 0.3) is 0 Å². The molecule has 2 amide bonds. The van der Waals surface area contributed by atoms with Crippen molar-refractivity contribution in [1.29, 1.82) is 0 Å². The van der Waals surface area contributed by atoms with Gasteiger partial charge in [0.15, 0.2) is 0 Å². The number of imide groups is 1. The van der Waals surface area contributed by atoms with E-state index < -0.39 is 23.1 Å². The highest BCUT2D eigenvalue weighted by Gasteiger charge is 2.56. The number of para-hydroxylation sites is 1. The molecule has 3 atom stereocenters. The normalized spacial score (nSPS) is 21.6. The third kappa shape index (κ3) is 3.61. The van der Waals surface area contributed by atoms with Crippen LogP contribution in [0.25, 0.3) is 0 Å². The van der Waals surface area contributed by atoms with Gasteiger partial charge in [-0.1, -0.05) is 71.6 Å². The zero-order valence-electron chi connectivity index (χ0n) is 17.7. The van der Waals surface area contributed by atoms with E-state index in [-0.39, 0.29) is 29.8 Å². The Bertz CT molecular complexity index is 1290. The third-order valence-electron chi connectivity index (χ3n) is 5.81. The molecule has 0 bridgehead atoms. The molecule has 2 aromatic carbocycles. The number of rotatable bonds is 5. The molecule has 33 heavy (non-hydrogen) atoms. The van der Waals surface area contributed by atoms with Crippen LogP contribution in [0.15, 0.2) is 70.5 Å². The van der Waals surface area contributed by atoms with Crippen LogP contribution >= 0.6 is 23.1 Å². The fraction of sp³-hybridized carbons (Fsp3) is 0.250. The van der Waals surface area contributed by atoms with Gasteiger partial charge in [0.1, 0.15) is 11.8 Å². The zero-order chi connectivity index (χ0) is 23.1. The second-order valence-electron chi connectivity index (χ2n) is 7.73. The minimum absolute atomic E-state index is 0.212. The van der Waals surface area contributed by atoms with E-state index in [0.717, 1.165) is 16.9 Å². The lowest BCUT2D eigenvalue weighted by Crippen LogP contribution is -2.32. The summed E-state index contributed by atoms with van der Waals surface area (Å²) in [5.41, 5.74) is 1.39. The van der Waals surface area contributed by atoms with Gasteiger partial charge >= 0.3 is 10.8 Å². The molecule has 168 valence electrons. The van der Waals surface area contributed by atoms with E-state index >= 15 is 0 Å². The quantitative estimate of drug-likeness (QED) is 0.412. The molecule has 3 aromatic rings. The largest absolute Gasteiger partial charge is 0.465 e. The van der Waals surface area contributed by atoms with E-state index in [4.69, 9.17) is 4.74 Å². The van der Waals surface area contributed by atoms with Gasteiger partial charge in [-0.2, -0.15) is 0 Å². The Morgan fingerprint density at radius 2 is 1.64 bits per heavy atom. The Morgan fingerprint density at radius 3 is 2.30 bits per heavy atom. The Kier molecular flexibility index (Phi) is 5.67. The van der Waals surface area contributed by atoms with Crippen molar-refractivity contribution in [2.45, 2.75) is 29.7 Å². The molecule has 0 spiro atoms. The van der Waals surface area contributed by atoms with Crippen LogP contribution in [0.3, 0.4) is 0 Å². The SMILES string of the molecule is CCOC(=O)Cn1c2c(sc1=O)[C@H](c1ccccc1)C1C(=O)N(c3ccccc3)C(=O)C1S2. The highest BCUT2D eigenvalue weighted by Crippen LogP contribution is 2.53. The van der Waals surface area contributed by atoms with Crippen LogP contribution in [0.4, 0.5) is 5.69 Å². The molecule has 0 radical (unpaired) electrons. The second-order valence-corrected chi connectivity index (χ2v) is 9.85. The molecule has 7 nitrogen and oxygen atoms in total. The molecule has 2 aliphatic heterocycles. The Labute approximate surface area is 198 Å². The van der Waals surface area contributed by atoms with Crippen molar-refractivity contribution < 1.29 is 19.1 Å². The lowest BCUT2D eigenvalue weighted by Gasteiger charge is -2.30. The Balaban J connectivity index is 1.64. The zero-order valence-corrected chi connectivity index (χ0v) is 19.3. The first-order valence-electron chi connectivity index (χ1n) is 10.5. The van der Waals surface area contributed by atoms with Crippen LogP contribution < -0.4 is 9.77 Å². The number of amides is 2. The third-order valence-corrected chi connectivity index (χ3v) is 8.42. The number of esters is 1. The first-order valence-corrected chi connectivity index (χ1v) is 12.2. The second kappa shape index (κ2) is 8.64. The number of hydrogen-bond acceptors (Lipinski definition) is 7. The van der Waals surface area contributed by atoms with Crippen molar-refractivity contribution in [1.82, 2.24) is 4.57 Å². The molecular formula is C24H20N2O5S2. The summed E-state index contributed by atoms with van der Waals surface area (Å²) in [6.07, 6.45) is 0. The van der Waals surface area contributed by atoms with Crippen molar-refractivity contribution in [2.75, 3.05) is 11.5 Å². The molecule has 2 aliphatic rings. The summed E-state index contributed by atoms with van der Waals surface area (Å²) in [6, 6.07) is 18.3. The van der Waals surface area contributed by atoms with Gasteiger partial charge < -0.3 is 4.74 Å². The summed E-state index contributed by atoms with van der Waals surface area (Å²) in [7, 11) is 0. The lowest BCUT2D eigenvalue weighted by atomic mass is 9.83. The summed E-state index contributed by atoms with van der Waals surface area (Å²) < 4.78 is 6.41. The Morgan fingerprint density at radius 1 is 0.970 bits per heavy atom. The number of thioether (sulfide) groups is 1. The summed E-state index contributed by atoms with van der Waals surface area (Å²) >= 11 is 2.22. The first-order chi connectivity index (χ1) is 16.0. The predicted molar refractivity (Wildman–Crippen MR) is 126 cm³/mol. The number of fused-ring (bicyclic) bond motifs is 2. The van der Waals surface area contributed by atoms with Gasteiger partial charge in [-0.25, -0.2) is 4.90 Å². The number of hydrogen-bond donors (Lipinski definition) is 0. The van der Waals surface area contributed by atoms with Crippen molar-refractivity contribution in [2.24, 2.45) is 5.92 Å². The number of carbonyl (C=O) groups is 3. The molecule has 0 saturated carbocycles. The number of ether oxygens (including phenoxy) is 1. The minimum Gasteiger partial charge on any atom is -0.465 e. The van der Waals surface area contributed by atoms with Crippen molar-refractivity contribution >= 4 is 46.6 Å². The molecule has 9 heteroatoms. The molecule has 2 unspecified atom stereocenters. The van der Waals surface area contributed by atoms with Gasteiger partial charge in [-0.15, -0.1) is 0 Å². The molecular weight excluding hydrogens is 460 g/mol. The summed E-state index contributed by atoms with van der Waals surface area (Å²) in [5, 5.41) is -0.137. The van der Waals surface area contributed by atoms with Crippen LogP contribution in [-0.2, 0) is 25.7 Å². The predicted octanol–water partition coefficient (Wildman–Crippen LogP) is 3.27. The highest BCUT2D eigenvalue weighted by atomic mass is 32.2. The van der Waals surface area contributed by atoms with Crippen LogP contribution in [0.1, 0.15) is 23.3 Å². The van der Waals surface area contributed by atoms with Gasteiger partial charge in [0.2, 0.25) is 11.8 Å². The number of nitrogens with zero attached hydrogens (tertiary/aromatic N) is 2. The van der Waals surface area contributed by atoms with Crippen LogP contribution in [-0.4, -0.2) is 34.2 Å². The molecule has 5 rings (SSSR count). The van der Waals surface area contributed by atoms with Gasteiger partial charge in [0, 0.05) is 10.8 Å². The number of carbonyl (C=O) groups excluding carboxylic acids is 3. The highest BCUT2D eigenvalue weighted by molar-refractivity contribution is 8.00. The fourth-order valence-electron chi connectivity index (χ4n) is 4.44.